The number of nitrogens with zero attached hydrogens (tertiary/aromatic N) is 1. The Morgan fingerprint density at radius 3 is 1.55 bits per heavy atom. The van der Waals surface area contributed by atoms with Crippen LogP contribution in [0, 0.1) is 0 Å². The first-order valence-electron chi connectivity index (χ1n) is 19.2. The van der Waals surface area contributed by atoms with Gasteiger partial charge < -0.3 is 9.64 Å². The molecule has 0 fully saturated rings. The summed E-state index contributed by atoms with van der Waals surface area (Å²) in [6.45, 7) is 0. The Hall–Kier alpha value is -7.42. The third kappa shape index (κ3) is 5.26. The van der Waals surface area contributed by atoms with Gasteiger partial charge in [-0.2, -0.15) is 0 Å². The zero-order valence-electron chi connectivity index (χ0n) is 30.6. The van der Waals surface area contributed by atoms with Gasteiger partial charge in [0.15, 0.2) is 0 Å². The summed E-state index contributed by atoms with van der Waals surface area (Å²) in [6, 6.07) is 76.6. The summed E-state index contributed by atoms with van der Waals surface area (Å²) in [5.74, 6) is 1.79. The Morgan fingerprint density at radius 1 is 0.304 bits per heavy atom. The standard InChI is InChI=1S/C54H35NO/c1-3-22-42-36(14-1)16-11-26-44(42)38-18-9-20-40(34-38)55(51-30-7-5-24-47(51)46-27-12-17-37-15-2-4-23-43(37)46)41-21-10-19-39(35-41)45-32-33-53-54-49(45)28-13-29-50(54)48-25-6-8-31-52(48)56-53/h1-35H. The Kier molecular flexibility index (Phi) is 7.53. The smallest absolute Gasteiger partial charge is 0.135 e. The van der Waals surface area contributed by atoms with E-state index in [1.165, 1.54) is 60.3 Å². The van der Waals surface area contributed by atoms with Crippen molar-refractivity contribution in [3.8, 4) is 56.0 Å². The molecule has 2 heteroatoms. The number of benzene rings is 10. The minimum Gasteiger partial charge on any atom is -0.456 e. The van der Waals surface area contributed by atoms with Crippen molar-refractivity contribution in [2.75, 3.05) is 4.90 Å². The molecule has 262 valence electrons. The molecule has 0 unspecified atom stereocenters. The van der Waals surface area contributed by atoms with E-state index in [1.807, 2.05) is 6.07 Å². The van der Waals surface area contributed by atoms with Gasteiger partial charge in [-0.25, -0.2) is 0 Å². The zero-order chi connectivity index (χ0) is 37.0. The van der Waals surface area contributed by atoms with Crippen molar-refractivity contribution in [2.45, 2.75) is 0 Å². The number of hydrogen-bond donors (Lipinski definition) is 0. The molecule has 0 atom stereocenters. The van der Waals surface area contributed by atoms with Crippen LogP contribution in [0.25, 0.3) is 76.8 Å². The van der Waals surface area contributed by atoms with Gasteiger partial charge in [-0.1, -0.05) is 170 Å². The molecular formula is C54H35NO. The Balaban J connectivity index is 1.13. The van der Waals surface area contributed by atoms with E-state index in [1.54, 1.807) is 0 Å². The van der Waals surface area contributed by atoms with Crippen molar-refractivity contribution in [1.29, 1.82) is 0 Å². The van der Waals surface area contributed by atoms with Crippen LogP contribution in [0.5, 0.6) is 11.5 Å². The lowest BCUT2D eigenvalue weighted by Gasteiger charge is -2.29. The predicted molar refractivity (Wildman–Crippen MR) is 235 cm³/mol. The summed E-state index contributed by atoms with van der Waals surface area (Å²) >= 11 is 0. The molecule has 10 aromatic rings. The fourth-order valence-electron chi connectivity index (χ4n) is 8.72. The normalized spacial score (nSPS) is 11.7. The van der Waals surface area contributed by atoms with Crippen LogP contribution in [0.4, 0.5) is 17.1 Å². The van der Waals surface area contributed by atoms with Gasteiger partial charge in [-0.05, 0) is 103 Å². The molecule has 1 aliphatic heterocycles. The summed E-state index contributed by atoms with van der Waals surface area (Å²) in [4.78, 5) is 2.43. The van der Waals surface area contributed by atoms with Gasteiger partial charge in [-0.15, -0.1) is 0 Å². The molecular weight excluding hydrogens is 679 g/mol. The molecule has 0 aliphatic carbocycles. The molecule has 11 rings (SSSR count). The number of fused-ring (bicyclic) bond motifs is 4. The van der Waals surface area contributed by atoms with E-state index in [9.17, 15) is 0 Å². The third-order valence-electron chi connectivity index (χ3n) is 11.2. The molecule has 0 bridgehead atoms. The van der Waals surface area contributed by atoms with Gasteiger partial charge in [0.1, 0.15) is 11.5 Å². The highest BCUT2D eigenvalue weighted by molar-refractivity contribution is 6.10. The third-order valence-corrected chi connectivity index (χ3v) is 11.2. The van der Waals surface area contributed by atoms with Crippen LogP contribution in [0.15, 0.2) is 212 Å². The largest absolute Gasteiger partial charge is 0.456 e. The van der Waals surface area contributed by atoms with Gasteiger partial charge in [0.25, 0.3) is 0 Å². The Bertz CT molecular complexity index is 3130. The SMILES string of the molecule is c1cc(-c2cccc3ccccc23)cc(N(c2cccc(-c3ccc4c5c(cccc35)-c3ccccc3O4)c2)c2ccccc2-c2cccc3ccccc23)c1. The van der Waals surface area contributed by atoms with E-state index >= 15 is 0 Å². The molecule has 0 saturated carbocycles. The lowest BCUT2D eigenvalue weighted by Crippen LogP contribution is -2.11. The van der Waals surface area contributed by atoms with Gasteiger partial charge in [0, 0.05) is 27.9 Å². The molecule has 0 radical (unpaired) electrons. The average molecular weight is 714 g/mol. The van der Waals surface area contributed by atoms with E-state index in [0.29, 0.717) is 0 Å². The molecule has 2 nitrogen and oxygen atoms in total. The van der Waals surface area contributed by atoms with Crippen LogP contribution < -0.4 is 9.64 Å². The second-order valence-electron chi connectivity index (χ2n) is 14.4. The summed E-state index contributed by atoms with van der Waals surface area (Å²) in [5.41, 5.74) is 12.7. The van der Waals surface area contributed by atoms with Crippen molar-refractivity contribution in [1.82, 2.24) is 0 Å². The first kappa shape index (κ1) is 32.0. The molecule has 1 heterocycles. The van der Waals surface area contributed by atoms with Crippen LogP contribution in [-0.2, 0) is 0 Å². The second-order valence-corrected chi connectivity index (χ2v) is 14.4. The number of anilines is 3. The number of rotatable bonds is 6. The summed E-state index contributed by atoms with van der Waals surface area (Å²) in [6.07, 6.45) is 0. The number of para-hydroxylation sites is 2. The second kappa shape index (κ2) is 13.2. The van der Waals surface area contributed by atoms with Gasteiger partial charge >= 0.3 is 0 Å². The van der Waals surface area contributed by atoms with Crippen LogP contribution in [0.1, 0.15) is 0 Å². The van der Waals surface area contributed by atoms with E-state index < -0.39 is 0 Å². The highest BCUT2D eigenvalue weighted by Gasteiger charge is 2.23. The molecule has 0 amide bonds. The monoisotopic (exact) mass is 713 g/mol. The first-order chi connectivity index (χ1) is 27.8. The fourth-order valence-corrected chi connectivity index (χ4v) is 8.72. The maximum absolute atomic E-state index is 6.47. The Morgan fingerprint density at radius 2 is 0.804 bits per heavy atom. The highest BCUT2D eigenvalue weighted by Crippen LogP contribution is 2.49. The fraction of sp³-hybridized carbons (Fsp3) is 0. The number of hydrogen-bond acceptors (Lipinski definition) is 2. The summed E-state index contributed by atoms with van der Waals surface area (Å²) < 4.78 is 6.47. The van der Waals surface area contributed by atoms with Gasteiger partial charge in [0.2, 0.25) is 0 Å². The van der Waals surface area contributed by atoms with E-state index in [-0.39, 0.29) is 0 Å². The zero-order valence-corrected chi connectivity index (χ0v) is 30.6. The topological polar surface area (TPSA) is 12.5 Å². The molecule has 0 aromatic heterocycles. The first-order valence-corrected chi connectivity index (χ1v) is 19.2. The average Bonchev–Trinajstić information content (AvgIpc) is 3.27. The summed E-state index contributed by atoms with van der Waals surface area (Å²) in [7, 11) is 0. The number of ether oxygens (including phenoxy) is 1. The quantitative estimate of drug-likeness (QED) is 0.170. The van der Waals surface area contributed by atoms with E-state index in [0.717, 1.165) is 45.1 Å². The molecule has 1 aliphatic rings. The lowest BCUT2D eigenvalue weighted by molar-refractivity contribution is 0.487. The summed E-state index contributed by atoms with van der Waals surface area (Å²) in [5, 5.41) is 7.25. The highest BCUT2D eigenvalue weighted by atomic mass is 16.5. The molecule has 56 heavy (non-hydrogen) atoms. The molecule has 0 N–H and O–H groups in total. The van der Waals surface area contributed by atoms with Gasteiger partial charge in [-0.3, -0.25) is 0 Å². The van der Waals surface area contributed by atoms with E-state index in [2.05, 4.69) is 211 Å². The van der Waals surface area contributed by atoms with Crippen molar-refractivity contribution >= 4 is 49.4 Å². The van der Waals surface area contributed by atoms with Crippen molar-refractivity contribution in [2.24, 2.45) is 0 Å². The predicted octanol–water partition coefficient (Wildman–Crippen LogP) is 15.4. The van der Waals surface area contributed by atoms with Crippen molar-refractivity contribution in [3.63, 3.8) is 0 Å². The Labute approximate surface area is 326 Å². The van der Waals surface area contributed by atoms with Crippen LogP contribution in [0.3, 0.4) is 0 Å². The maximum atomic E-state index is 6.47. The van der Waals surface area contributed by atoms with Crippen molar-refractivity contribution < 1.29 is 4.74 Å². The molecule has 0 spiro atoms. The van der Waals surface area contributed by atoms with E-state index in [4.69, 9.17) is 4.74 Å². The van der Waals surface area contributed by atoms with Crippen LogP contribution in [-0.4, -0.2) is 0 Å². The van der Waals surface area contributed by atoms with Crippen LogP contribution >= 0.6 is 0 Å². The molecule has 0 saturated heterocycles. The minimum atomic E-state index is 0.894. The lowest BCUT2D eigenvalue weighted by atomic mass is 9.90. The molecule has 10 aromatic carbocycles. The van der Waals surface area contributed by atoms with Crippen LogP contribution in [0.2, 0.25) is 0 Å². The van der Waals surface area contributed by atoms with Crippen molar-refractivity contribution in [3.05, 3.63) is 212 Å². The van der Waals surface area contributed by atoms with Gasteiger partial charge in [0.05, 0.1) is 5.69 Å². The minimum absolute atomic E-state index is 0.894. The maximum Gasteiger partial charge on any atom is 0.135 e.